The van der Waals surface area contributed by atoms with Crippen LogP contribution in [0.5, 0.6) is 0 Å². The molecule has 0 unspecified atom stereocenters. The molecule has 3 N–H and O–H groups in total. The Morgan fingerprint density at radius 1 is 1.53 bits per heavy atom. The molecule has 0 spiro atoms. The van der Waals surface area contributed by atoms with E-state index >= 15 is 0 Å². The molecule has 0 saturated carbocycles. The molecule has 0 aromatic heterocycles. The van der Waals surface area contributed by atoms with E-state index in [0.717, 1.165) is 6.07 Å². The lowest BCUT2D eigenvalue weighted by molar-refractivity contribution is -0.385. The van der Waals surface area contributed by atoms with Gasteiger partial charge in [0.2, 0.25) is 0 Å². The van der Waals surface area contributed by atoms with Crippen LogP contribution in [0.2, 0.25) is 0 Å². The van der Waals surface area contributed by atoms with E-state index < -0.39 is 16.6 Å². The number of carbonyl (C=O) groups is 1. The summed E-state index contributed by atoms with van der Waals surface area (Å²) in [5.41, 5.74) is 4.37. The largest absolute Gasteiger partial charge is 0.478 e. The molecule has 0 fully saturated rings. The highest BCUT2D eigenvalue weighted by molar-refractivity contribution is 7.80. The van der Waals surface area contributed by atoms with E-state index in [-0.39, 0.29) is 16.1 Å². The van der Waals surface area contributed by atoms with Crippen molar-refractivity contribution in [3.05, 3.63) is 39.4 Å². The van der Waals surface area contributed by atoms with Crippen LogP contribution in [0.1, 0.15) is 15.9 Å². The molecule has 0 heterocycles. The van der Waals surface area contributed by atoms with Gasteiger partial charge >= 0.3 is 5.97 Å². The van der Waals surface area contributed by atoms with Crippen LogP contribution in [-0.4, -0.2) is 21.0 Å². The van der Waals surface area contributed by atoms with Crippen molar-refractivity contribution < 1.29 is 14.8 Å². The minimum absolute atomic E-state index is 0.218. The molecule has 6 nitrogen and oxygen atoms in total. The number of benzene rings is 1. The van der Waals surface area contributed by atoms with Gasteiger partial charge in [-0.3, -0.25) is 10.1 Å². The third kappa shape index (κ3) is 2.08. The lowest BCUT2D eigenvalue weighted by Crippen LogP contribution is -2.17. The van der Waals surface area contributed by atoms with E-state index in [1.807, 2.05) is 0 Å². The number of nitrogens with two attached hydrogens (primary N) is 1. The van der Waals surface area contributed by atoms with Crippen LogP contribution < -0.4 is 5.73 Å². The molecule has 0 bridgehead atoms. The summed E-state index contributed by atoms with van der Waals surface area (Å²) >= 11 is 4.59. The van der Waals surface area contributed by atoms with Gasteiger partial charge < -0.3 is 10.8 Å². The first-order chi connectivity index (χ1) is 6.95. The molecule has 0 aliphatic carbocycles. The lowest BCUT2D eigenvalue weighted by Gasteiger charge is -2.04. The second-order valence-corrected chi connectivity index (χ2v) is 3.07. The summed E-state index contributed by atoms with van der Waals surface area (Å²) in [5.74, 6) is -1.30. The summed E-state index contributed by atoms with van der Waals surface area (Å²) in [4.78, 5) is 20.3. The predicted molar refractivity (Wildman–Crippen MR) is 55.9 cm³/mol. The lowest BCUT2D eigenvalue weighted by atomic mass is 10.1. The molecule has 1 rings (SSSR count). The SMILES string of the molecule is NC(=S)c1c(C(=O)O)cccc1[N+](=O)[O-]. The van der Waals surface area contributed by atoms with E-state index in [9.17, 15) is 14.9 Å². The van der Waals surface area contributed by atoms with E-state index in [0.29, 0.717) is 0 Å². The number of carboxylic acid groups (broad SMARTS) is 1. The predicted octanol–water partition coefficient (Wildman–Crippen LogP) is 0.927. The number of thiocarbonyl (C=S) groups is 1. The first-order valence-electron chi connectivity index (χ1n) is 3.75. The number of nitrogens with zero attached hydrogens (tertiary/aromatic N) is 1. The minimum atomic E-state index is -1.30. The molecular weight excluding hydrogens is 220 g/mol. The number of hydrogen-bond donors (Lipinski definition) is 2. The van der Waals surface area contributed by atoms with Gasteiger partial charge in [0, 0.05) is 6.07 Å². The molecule has 0 atom stereocenters. The maximum Gasteiger partial charge on any atom is 0.336 e. The van der Waals surface area contributed by atoms with E-state index in [4.69, 9.17) is 10.8 Å². The van der Waals surface area contributed by atoms with Crippen molar-refractivity contribution in [2.24, 2.45) is 5.73 Å². The molecule has 0 aliphatic rings. The van der Waals surface area contributed by atoms with Crippen LogP contribution in [-0.2, 0) is 0 Å². The number of aromatic carboxylic acids is 1. The zero-order valence-corrected chi connectivity index (χ0v) is 8.15. The van der Waals surface area contributed by atoms with Crippen molar-refractivity contribution in [3.63, 3.8) is 0 Å². The quantitative estimate of drug-likeness (QED) is 0.451. The molecule has 0 radical (unpaired) electrons. The highest BCUT2D eigenvalue weighted by Crippen LogP contribution is 2.22. The van der Waals surface area contributed by atoms with Crippen molar-refractivity contribution in [1.29, 1.82) is 0 Å². The Morgan fingerprint density at radius 2 is 2.13 bits per heavy atom. The highest BCUT2D eigenvalue weighted by atomic mass is 32.1. The summed E-state index contributed by atoms with van der Waals surface area (Å²) < 4.78 is 0. The van der Waals surface area contributed by atoms with Crippen LogP contribution in [0.4, 0.5) is 5.69 Å². The van der Waals surface area contributed by atoms with Gasteiger partial charge in [0.1, 0.15) is 10.6 Å². The zero-order valence-electron chi connectivity index (χ0n) is 7.34. The molecule has 78 valence electrons. The summed E-state index contributed by atoms with van der Waals surface area (Å²) in [6.07, 6.45) is 0. The summed E-state index contributed by atoms with van der Waals surface area (Å²) in [5, 5.41) is 19.4. The average molecular weight is 226 g/mol. The van der Waals surface area contributed by atoms with Crippen LogP contribution in [0.15, 0.2) is 18.2 Å². The molecular formula is C8H6N2O4S. The first-order valence-corrected chi connectivity index (χ1v) is 4.16. The van der Waals surface area contributed by atoms with Gasteiger partial charge in [-0.1, -0.05) is 18.3 Å². The van der Waals surface area contributed by atoms with Gasteiger partial charge in [-0.2, -0.15) is 0 Å². The van der Waals surface area contributed by atoms with Gasteiger partial charge in [-0.15, -0.1) is 0 Å². The van der Waals surface area contributed by atoms with Crippen molar-refractivity contribution in [1.82, 2.24) is 0 Å². The Hall–Kier alpha value is -2.02. The molecule has 0 amide bonds. The fraction of sp³-hybridized carbons (Fsp3) is 0. The molecule has 1 aromatic carbocycles. The van der Waals surface area contributed by atoms with Crippen LogP contribution in [0, 0.1) is 10.1 Å². The Bertz CT molecular complexity index is 426. The Balaban J connectivity index is 3.56. The standard InChI is InChI=1S/C8H6N2O4S/c9-7(15)6-4(8(11)12)2-1-3-5(6)10(13)14/h1-3H,(H2,9,15)(H,11,12). The number of nitro groups is 1. The van der Waals surface area contributed by atoms with Crippen LogP contribution in [0.3, 0.4) is 0 Å². The number of hydrogen-bond acceptors (Lipinski definition) is 4. The maximum atomic E-state index is 10.8. The summed E-state index contributed by atoms with van der Waals surface area (Å²) in [6, 6.07) is 3.63. The van der Waals surface area contributed by atoms with Crippen LogP contribution in [0.25, 0.3) is 0 Å². The van der Waals surface area contributed by atoms with Crippen molar-refractivity contribution in [3.8, 4) is 0 Å². The third-order valence-electron chi connectivity index (χ3n) is 1.72. The highest BCUT2D eigenvalue weighted by Gasteiger charge is 2.22. The van der Waals surface area contributed by atoms with Gasteiger partial charge in [0.25, 0.3) is 5.69 Å². The van der Waals surface area contributed by atoms with Crippen molar-refractivity contribution in [2.75, 3.05) is 0 Å². The minimum Gasteiger partial charge on any atom is -0.478 e. The Morgan fingerprint density at radius 3 is 2.53 bits per heavy atom. The van der Waals surface area contributed by atoms with E-state index in [2.05, 4.69) is 12.2 Å². The zero-order chi connectivity index (χ0) is 11.6. The van der Waals surface area contributed by atoms with Gasteiger partial charge in [-0.05, 0) is 6.07 Å². The van der Waals surface area contributed by atoms with E-state index in [1.165, 1.54) is 12.1 Å². The van der Waals surface area contributed by atoms with Crippen LogP contribution >= 0.6 is 12.2 Å². The summed E-state index contributed by atoms with van der Waals surface area (Å²) in [6.45, 7) is 0. The van der Waals surface area contributed by atoms with Crippen molar-refractivity contribution >= 4 is 28.9 Å². The smallest absolute Gasteiger partial charge is 0.336 e. The van der Waals surface area contributed by atoms with Crippen molar-refractivity contribution in [2.45, 2.75) is 0 Å². The number of nitro benzene ring substituents is 1. The Kier molecular flexibility index (Phi) is 2.96. The average Bonchev–Trinajstić information content (AvgIpc) is 2.16. The second kappa shape index (κ2) is 4.01. The normalized spacial score (nSPS) is 9.60. The second-order valence-electron chi connectivity index (χ2n) is 2.63. The molecule has 0 saturated heterocycles. The number of rotatable bonds is 3. The fourth-order valence-corrected chi connectivity index (χ4v) is 1.34. The molecule has 7 heteroatoms. The van der Waals surface area contributed by atoms with Gasteiger partial charge in [-0.25, -0.2) is 4.79 Å². The monoisotopic (exact) mass is 226 g/mol. The van der Waals surface area contributed by atoms with E-state index in [1.54, 1.807) is 0 Å². The fourth-order valence-electron chi connectivity index (χ4n) is 1.13. The third-order valence-corrected chi connectivity index (χ3v) is 1.92. The maximum absolute atomic E-state index is 10.8. The molecule has 0 aliphatic heterocycles. The molecule has 1 aromatic rings. The van der Waals surface area contributed by atoms with Gasteiger partial charge in [0.15, 0.2) is 0 Å². The summed E-state index contributed by atoms with van der Waals surface area (Å²) in [7, 11) is 0. The first kappa shape index (κ1) is 11.1. The molecule has 15 heavy (non-hydrogen) atoms. The number of carboxylic acids is 1. The topological polar surface area (TPSA) is 106 Å². The van der Waals surface area contributed by atoms with Gasteiger partial charge in [0.05, 0.1) is 10.5 Å². The Labute approximate surface area is 89.5 Å².